The Morgan fingerprint density at radius 2 is 1.94 bits per heavy atom. The molecule has 0 bridgehead atoms. The first kappa shape index (κ1) is 11.7. The average Bonchev–Trinajstić information content (AvgIpc) is 2.64. The molecule has 3 N–H and O–H groups in total. The van der Waals surface area contributed by atoms with E-state index in [9.17, 15) is 13.6 Å². The summed E-state index contributed by atoms with van der Waals surface area (Å²) in [6.45, 7) is 0. The van der Waals surface area contributed by atoms with Gasteiger partial charge in [-0.05, 0) is 24.3 Å². The van der Waals surface area contributed by atoms with E-state index in [1.54, 1.807) is 0 Å². The van der Waals surface area contributed by atoms with Crippen molar-refractivity contribution in [2.24, 2.45) is 4.40 Å². The highest BCUT2D eigenvalue weighted by Crippen LogP contribution is 2.13. The summed E-state index contributed by atoms with van der Waals surface area (Å²) in [4.78, 5) is 0.0157. The van der Waals surface area contributed by atoms with Crippen molar-refractivity contribution in [3.05, 3.63) is 40.6 Å². The van der Waals surface area contributed by atoms with Gasteiger partial charge in [0.1, 0.15) is 0 Å². The maximum absolute atomic E-state index is 11.8. The summed E-state index contributed by atoms with van der Waals surface area (Å²) in [6, 6.07) is 5.68. The third-order valence-corrected chi connectivity index (χ3v) is 4.09. The normalized spacial score (nSPS) is 12.8. The predicted octanol–water partition coefficient (Wildman–Crippen LogP) is 0.659. The van der Waals surface area contributed by atoms with Crippen LogP contribution in [0.5, 0.6) is 0 Å². The van der Waals surface area contributed by atoms with E-state index in [0.29, 0.717) is 10.4 Å². The molecule has 2 rings (SSSR count). The van der Waals surface area contributed by atoms with Crippen LogP contribution in [0.15, 0.2) is 45.1 Å². The maximum atomic E-state index is 11.8. The molecule has 2 aromatic rings. The summed E-state index contributed by atoms with van der Waals surface area (Å²) < 4.78 is 27.8. The lowest BCUT2D eigenvalue weighted by molar-refractivity contribution is 0.178. The second kappa shape index (κ2) is 4.22. The third kappa shape index (κ3) is 2.48. The Morgan fingerprint density at radius 3 is 2.47 bits per heavy atom. The molecule has 0 fully saturated rings. The first-order chi connectivity index (χ1) is 7.99. The van der Waals surface area contributed by atoms with Gasteiger partial charge in [0, 0.05) is 11.1 Å². The van der Waals surface area contributed by atoms with Gasteiger partial charge in [0.05, 0.1) is 11.1 Å². The molecule has 8 heteroatoms. The molecule has 0 spiro atoms. The van der Waals surface area contributed by atoms with Crippen LogP contribution in [0.2, 0.25) is 0 Å². The molecular formula is C9H9N3O3S2. The number of sulfonamides is 1. The molecule has 1 heterocycles. The van der Waals surface area contributed by atoms with Crippen LogP contribution in [0.25, 0.3) is 0 Å². The maximum Gasteiger partial charge on any atom is 0.285 e. The van der Waals surface area contributed by atoms with Crippen LogP contribution in [0.4, 0.5) is 5.69 Å². The fraction of sp³-hybridized carbons (Fsp3) is 0. The highest BCUT2D eigenvalue weighted by Gasteiger charge is 2.12. The standard InChI is InChI=1S/C9H9N3O3S2/c10-7-1-3-8(4-2-7)17(14,15)11-9-12(13)5-6-16-9/h1-6,13H,10H2/b11-9+. The van der Waals surface area contributed by atoms with Crippen molar-refractivity contribution < 1.29 is 13.6 Å². The van der Waals surface area contributed by atoms with Crippen molar-refractivity contribution in [1.82, 2.24) is 4.73 Å². The largest absolute Gasteiger partial charge is 0.426 e. The summed E-state index contributed by atoms with van der Waals surface area (Å²) in [6.07, 6.45) is 1.31. The van der Waals surface area contributed by atoms with Crippen LogP contribution in [0.3, 0.4) is 0 Å². The van der Waals surface area contributed by atoms with E-state index in [-0.39, 0.29) is 9.70 Å². The molecule has 0 aliphatic heterocycles. The lowest BCUT2D eigenvalue weighted by atomic mass is 10.3. The zero-order chi connectivity index (χ0) is 12.5. The van der Waals surface area contributed by atoms with Gasteiger partial charge in [0.2, 0.25) is 4.80 Å². The van der Waals surface area contributed by atoms with Crippen LogP contribution >= 0.6 is 11.3 Å². The number of nitrogens with zero attached hydrogens (tertiary/aromatic N) is 2. The summed E-state index contributed by atoms with van der Waals surface area (Å²) >= 11 is 1.02. The van der Waals surface area contributed by atoms with Crippen LogP contribution in [-0.4, -0.2) is 18.4 Å². The summed E-state index contributed by atoms with van der Waals surface area (Å²) in [5.74, 6) is 0. The zero-order valence-corrected chi connectivity index (χ0v) is 10.1. The Balaban J connectivity index is 2.52. The molecule has 1 aromatic carbocycles. The molecule has 6 nitrogen and oxygen atoms in total. The van der Waals surface area contributed by atoms with Gasteiger partial charge in [-0.25, -0.2) is 0 Å². The van der Waals surface area contributed by atoms with E-state index in [1.165, 1.54) is 35.8 Å². The van der Waals surface area contributed by atoms with Crippen molar-refractivity contribution in [2.45, 2.75) is 4.90 Å². The second-order valence-electron chi connectivity index (χ2n) is 3.17. The first-order valence-electron chi connectivity index (χ1n) is 4.51. The highest BCUT2D eigenvalue weighted by atomic mass is 32.2. The summed E-state index contributed by atoms with van der Waals surface area (Å²) in [5.41, 5.74) is 5.93. The number of nitrogens with two attached hydrogens (primary N) is 1. The van der Waals surface area contributed by atoms with Gasteiger partial charge >= 0.3 is 0 Å². The first-order valence-corrected chi connectivity index (χ1v) is 6.83. The van der Waals surface area contributed by atoms with Gasteiger partial charge in [-0.15, -0.1) is 15.7 Å². The lowest BCUT2D eigenvalue weighted by Gasteiger charge is -1.98. The number of hydrogen-bond acceptors (Lipinski definition) is 5. The molecule has 0 aliphatic carbocycles. The van der Waals surface area contributed by atoms with Gasteiger partial charge in [0.25, 0.3) is 10.0 Å². The Bertz CT molecular complexity index is 683. The van der Waals surface area contributed by atoms with Crippen LogP contribution in [0, 0.1) is 0 Å². The van der Waals surface area contributed by atoms with Crippen LogP contribution in [0.1, 0.15) is 0 Å². The third-order valence-electron chi connectivity index (χ3n) is 1.95. The molecular weight excluding hydrogens is 262 g/mol. The molecule has 0 unspecified atom stereocenters. The molecule has 90 valence electrons. The SMILES string of the molecule is Nc1ccc(S(=O)(=O)/N=c2/sccn2O)cc1. The van der Waals surface area contributed by atoms with Gasteiger partial charge in [-0.1, -0.05) is 0 Å². The van der Waals surface area contributed by atoms with Crippen molar-refractivity contribution >= 4 is 27.0 Å². The number of aromatic nitrogens is 1. The van der Waals surface area contributed by atoms with Crippen LogP contribution in [-0.2, 0) is 10.0 Å². The van der Waals surface area contributed by atoms with E-state index >= 15 is 0 Å². The Kier molecular flexibility index (Phi) is 2.90. The summed E-state index contributed by atoms with van der Waals surface area (Å²) in [5, 5.41) is 10.8. The number of hydrogen-bond donors (Lipinski definition) is 2. The van der Waals surface area contributed by atoms with E-state index in [2.05, 4.69) is 4.40 Å². The number of benzene rings is 1. The Morgan fingerprint density at radius 1 is 1.29 bits per heavy atom. The topological polar surface area (TPSA) is 97.7 Å². The molecule has 0 aliphatic rings. The average molecular weight is 271 g/mol. The fourth-order valence-electron chi connectivity index (χ4n) is 1.13. The van der Waals surface area contributed by atoms with E-state index in [0.717, 1.165) is 11.3 Å². The quantitative estimate of drug-likeness (QED) is 0.619. The predicted molar refractivity (Wildman–Crippen MR) is 63.1 cm³/mol. The molecule has 0 atom stereocenters. The van der Waals surface area contributed by atoms with E-state index in [1.807, 2.05) is 0 Å². The fourth-order valence-corrected chi connectivity index (χ4v) is 2.93. The smallest absolute Gasteiger partial charge is 0.285 e. The number of nitrogen functional groups attached to an aromatic ring is 1. The van der Waals surface area contributed by atoms with Gasteiger partial charge < -0.3 is 10.9 Å². The lowest BCUT2D eigenvalue weighted by Crippen LogP contribution is -2.13. The van der Waals surface area contributed by atoms with Crippen molar-refractivity contribution in [2.75, 3.05) is 5.73 Å². The minimum Gasteiger partial charge on any atom is -0.426 e. The van der Waals surface area contributed by atoms with Crippen molar-refractivity contribution in [1.29, 1.82) is 0 Å². The summed E-state index contributed by atoms with van der Waals surface area (Å²) in [7, 11) is -3.82. The Hall–Kier alpha value is -1.80. The molecule has 0 amide bonds. The molecule has 17 heavy (non-hydrogen) atoms. The highest BCUT2D eigenvalue weighted by molar-refractivity contribution is 7.90. The number of rotatable bonds is 2. The molecule has 1 aromatic heterocycles. The second-order valence-corrected chi connectivity index (χ2v) is 5.64. The van der Waals surface area contributed by atoms with Crippen LogP contribution < -0.4 is 10.5 Å². The number of anilines is 1. The van der Waals surface area contributed by atoms with Crippen molar-refractivity contribution in [3.63, 3.8) is 0 Å². The molecule has 0 saturated carbocycles. The monoisotopic (exact) mass is 271 g/mol. The van der Waals surface area contributed by atoms with Crippen molar-refractivity contribution in [3.8, 4) is 0 Å². The minimum absolute atomic E-state index is 0.0122. The molecule has 0 radical (unpaired) electrons. The van der Waals surface area contributed by atoms with Gasteiger partial charge in [-0.2, -0.15) is 13.1 Å². The van der Waals surface area contributed by atoms with E-state index < -0.39 is 10.0 Å². The minimum atomic E-state index is -3.82. The number of thiazole rings is 1. The zero-order valence-electron chi connectivity index (χ0n) is 8.52. The van der Waals surface area contributed by atoms with E-state index in [4.69, 9.17) is 5.73 Å². The van der Waals surface area contributed by atoms with Gasteiger partial charge in [0.15, 0.2) is 0 Å². The molecule has 0 saturated heterocycles. The Labute approximate surface area is 101 Å². The van der Waals surface area contributed by atoms with Gasteiger partial charge in [-0.3, -0.25) is 0 Å².